The predicted octanol–water partition coefficient (Wildman–Crippen LogP) is 4.20. The molecule has 1 aromatic carbocycles. The quantitative estimate of drug-likeness (QED) is 0.501. The summed E-state index contributed by atoms with van der Waals surface area (Å²) in [5, 5.41) is 11.1. The molecule has 0 amide bonds. The van der Waals surface area contributed by atoms with Gasteiger partial charge in [0.05, 0.1) is 16.2 Å². The summed E-state index contributed by atoms with van der Waals surface area (Å²) in [6.07, 6.45) is -5.05. The molecule has 0 atom stereocenters. The molecular formula is C18H19F3N2O5S. The van der Waals surface area contributed by atoms with Crippen molar-refractivity contribution < 1.29 is 31.2 Å². The average molecular weight is 432 g/mol. The highest BCUT2D eigenvalue weighted by Crippen LogP contribution is 2.33. The van der Waals surface area contributed by atoms with Crippen LogP contribution in [0.2, 0.25) is 0 Å². The molecule has 7 nitrogen and oxygen atoms in total. The number of nitro groups is 1. The van der Waals surface area contributed by atoms with Gasteiger partial charge < -0.3 is 4.74 Å². The van der Waals surface area contributed by atoms with Crippen molar-refractivity contribution in [2.45, 2.75) is 43.9 Å². The summed E-state index contributed by atoms with van der Waals surface area (Å²) in [6, 6.07) is 6.26. The second kappa shape index (κ2) is 7.97. The number of hydrogen-bond donors (Lipinski definition) is 0. The number of aryl methyl sites for hydroxylation is 1. The van der Waals surface area contributed by atoms with E-state index in [2.05, 4.69) is 4.98 Å². The topological polar surface area (TPSA) is 99.4 Å². The second-order valence-corrected chi connectivity index (χ2v) is 9.27. The average Bonchev–Trinajstić information content (AvgIpc) is 2.57. The van der Waals surface area contributed by atoms with E-state index in [0.29, 0.717) is 0 Å². The van der Waals surface area contributed by atoms with Crippen LogP contribution in [-0.2, 0) is 22.4 Å². The highest BCUT2D eigenvalue weighted by atomic mass is 32.2. The molecule has 11 heteroatoms. The van der Waals surface area contributed by atoms with Crippen LogP contribution in [0, 0.1) is 10.1 Å². The van der Waals surface area contributed by atoms with Crippen LogP contribution in [-0.4, -0.2) is 29.7 Å². The number of ether oxygens (including phenoxy) is 1. The van der Waals surface area contributed by atoms with Gasteiger partial charge in [0, 0.05) is 24.2 Å². The number of nitrogens with zero attached hydrogens (tertiary/aromatic N) is 2. The summed E-state index contributed by atoms with van der Waals surface area (Å²) in [7, 11) is -4.13. The Labute approximate surface area is 165 Å². The van der Waals surface area contributed by atoms with E-state index < -0.39 is 48.4 Å². The molecular weight excluding hydrogens is 413 g/mol. The number of aromatic nitrogens is 1. The van der Waals surface area contributed by atoms with Crippen LogP contribution in [0.15, 0.2) is 41.3 Å². The van der Waals surface area contributed by atoms with Gasteiger partial charge in [-0.15, -0.1) is 0 Å². The summed E-state index contributed by atoms with van der Waals surface area (Å²) in [6.45, 7) is 4.90. The molecule has 0 radical (unpaired) electrons. The maximum Gasteiger partial charge on any atom is 0.416 e. The zero-order valence-corrected chi connectivity index (χ0v) is 16.7. The Morgan fingerprint density at radius 3 is 2.31 bits per heavy atom. The lowest BCUT2D eigenvalue weighted by Crippen LogP contribution is -2.24. The molecule has 158 valence electrons. The third-order valence-electron chi connectivity index (χ3n) is 3.62. The van der Waals surface area contributed by atoms with E-state index in [1.165, 1.54) is 12.1 Å². The van der Waals surface area contributed by atoms with Crippen molar-refractivity contribution in [2.75, 3.05) is 5.75 Å². The number of sulfone groups is 1. The molecule has 2 aromatic rings. The van der Waals surface area contributed by atoms with Crippen molar-refractivity contribution in [3.63, 3.8) is 0 Å². The van der Waals surface area contributed by atoms with E-state index in [9.17, 15) is 31.7 Å². The summed E-state index contributed by atoms with van der Waals surface area (Å²) in [4.78, 5) is 13.7. The molecule has 0 aliphatic carbocycles. The molecule has 2 rings (SSSR count). The van der Waals surface area contributed by atoms with Crippen LogP contribution in [0.1, 0.15) is 32.0 Å². The first-order chi connectivity index (χ1) is 13.2. The van der Waals surface area contributed by atoms with Gasteiger partial charge >= 0.3 is 6.18 Å². The van der Waals surface area contributed by atoms with Gasteiger partial charge in [0.1, 0.15) is 10.5 Å². The van der Waals surface area contributed by atoms with Crippen molar-refractivity contribution >= 4 is 15.5 Å². The van der Waals surface area contributed by atoms with E-state index in [4.69, 9.17) is 4.74 Å². The summed E-state index contributed by atoms with van der Waals surface area (Å²) in [5.41, 5.74) is -2.59. The van der Waals surface area contributed by atoms with E-state index in [1.54, 1.807) is 20.8 Å². The van der Waals surface area contributed by atoms with Gasteiger partial charge in [-0.3, -0.25) is 10.1 Å². The third-order valence-corrected chi connectivity index (χ3v) is 5.37. The fourth-order valence-electron chi connectivity index (χ4n) is 2.44. The Balaban J connectivity index is 2.36. The molecule has 0 spiro atoms. The van der Waals surface area contributed by atoms with Crippen LogP contribution < -0.4 is 4.74 Å². The zero-order chi connectivity index (χ0) is 22.0. The molecule has 0 bridgehead atoms. The van der Waals surface area contributed by atoms with Crippen LogP contribution >= 0.6 is 0 Å². The number of rotatable bonds is 6. The van der Waals surface area contributed by atoms with Gasteiger partial charge in [0.2, 0.25) is 5.88 Å². The molecule has 0 aliphatic rings. The SMILES string of the molecule is CC(C)(C)Oc1cc(C(F)(F)F)cc(CCS(=O)(=O)c2ccccc2[N+](=O)[O-])n1. The van der Waals surface area contributed by atoms with Gasteiger partial charge in [-0.05, 0) is 32.9 Å². The van der Waals surface area contributed by atoms with E-state index in [1.807, 2.05) is 0 Å². The lowest BCUT2D eigenvalue weighted by atomic mass is 10.1. The molecule has 0 fully saturated rings. The van der Waals surface area contributed by atoms with Gasteiger partial charge in [0.25, 0.3) is 5.69 Å². The minimum Gasteiger partial charge on any atom is -0.472 e. The van der Waals surface area contributed by atoms with Gasteiger partial charge in [0.15, 0.2) is 9.84 Å². The van der Waals surface area contributed by atoms with Crippen molar-refractivity contribution in [3.05, 3.63) is 57.8 Å². The summed E-state index contributed by atoms with van der Waals surface area (Å²) >= 11 is 0. The molecule has 0 aliphatic heterocycles. The lowest BCUT2D eigenvalue weighted by molar-refractivity contribution is -0.387. The summed E-state index contributed by atoms with van der Waals surface area (Å²) < 4.78 is 70.0. The fraction of sp³-hybridized carbons (Fsp3) is 0.389. The number of hydrogen-bond acceptors (Lipinski definition) is 6. The maximum absolute atomic E-state index is 13.2. The standard InChI is InChI=1S/C18H19F3N2O5S/c1-17(2,3)28-16-11-12(18(19,20)21)10-13(22-16)8-9-29(26,27)15-7-5-4-6-14(15)23(24)25/h4-7,10-11H,8-9H2,1-3H3. The fourth-order valence-corrected chi connectivity index (χ4v) is 3.88. The highest BCUT2D eigenvalue weighted by Gasteiger charge is 2.33. The Morgan fingerprint density at radius 2 is 1.76 bits per heavy atom. The van der Waals surface area contributed by atoms with Crippen molar-refractivity contribution in [1.82, 2.24) is 4.98 Å². The first-order valence-electron chi connectivity index (χ1n) is 8.42. The summed E-state index contributed by atoms with van der Waals surface area (Å²) in [5.74, 6) is -0.938. The molecule has 29 heavy (non-hydrogen) atoms. The van der Waals surface area contributed by atoms with Gasteiger partial charge in [-0.2, -0.15) is 13.2 Å². The molecule has 0 N–H and O–H groups in total. The predicted molar refractivity (Wildman–Crippen MR) is 98.5 cm³/mol. The Kier molecular flexibility index (Phi) is 6.21. The normalized spacial score (nSPS) is 12.6. The Bertz CT molecular complexity index is 1010. The first kappa shape index (κ1) is 22.6. The van der Waals surface area contributed by atoms with Crippen molar-refractivity contribution in [2.24, 2.45) is 0 Å². The highest BCUT2D eigenvalue weighted by molar-refractivity contribution is 7.91. The van der Waals surface area contributed by atoms with Crippen molar-refractivity contribution in [3.8, 4) is 5.88 Å². The van der Waals surface area contributed by atoms with Gasteiger partial charge in [-0.25, -0.2) is 13.4 Å². The zero-order valence-electron chi connectivity index (χ0n) is 15.9. The molecule has 0 unspecified atom stereocenters. The monoisotopic (exact) mass is 432 g/mol. The van der Waals surface area contributed by atoms with Gasteiger partial charge in [-0.1, -0.05) is 12.1 Å². The molecule has 1 aromatic heterocycles. The van der Waals surface area contributed by atoms with Crippen molar-refractivity contribution in [1.29, 1.82) is 0 Å². The van der Waals surface area contributed by atoms with Crippen LogP contribution in [0.25, 0.3) is 0 Å². The molecule has 1 heterocycles. The number of halogens is 3. The third kappa shape index (κ3) is 6.14. The minimum absolute atomic E-state index is 0.152. The Hall–Kier alpha value is -2.69. The molecule has 0 saturated carbocycles. The van der Waals surface area contributed by atoms with E-state index >= 15 is 0 Å². The van der Waals surface area contributed by atoms with Crippen LogP contribution in [0.5, 0.6) is 5.88 Å². The second-order valence-electron chi connectivity index (χ2n) is 7.19. The first-order valence-corrected chi connectivity index (χ1v) is 10.1. The number of pyridine rings is 1. The Morgan fingerprint density at radius 1 is 1.14 bits per heavy atom. The van der Waals surface area contributed by atoms with E-state index in [0.717, 1.165) is 24.3 Å². The number of alkyl halides is 3. The largest absolute Gasteiger partial charge is 0.472 e. The van der Waals surface area contributed by atoms with E-state index in [-0.39, 0.29) is 18.0 Å². The molecule has 0 saturated heterocycles. The van der Waals surface area contributed by atoms with Crippen LogP contribution in [0.4, 0.5) is 18.9 Å². The maximum atomic E-state index is 13.2. The smallest absolute Gasteiger partial charge is 0.416 e. The number of benzene rings is 1. The van der Waals surface area contributed by atoms with Crippen LogP contribution in [0.3, 0.4) is 0 Å². The lowest BCUT2D eigenvalue weighted by Gasteiger charge is -2.21. The number of nitro benzene ring substituents is 1. The number of para-hydroxylation sites is 1. The minimum atomic E-state index is -4.68.